The average Bonchev–Trinajstić information content (AvgIpc) is 2.53. The predicted molar refractivity (Wildman–Crippen MR) is 89.4 cm³/mol. The van der Waals surface area contributed by atoms with Crippen molar-refractivity contribution >= 4 is 16.7 Å². The van der Waals surface area contributed by atoms with E-state index in [0.29, 0.717) is 6.54 Å². The van der Waals surface area contributed by atoms with Gasteiger partial charge >= 0.3 is 0 Å². The number of pyridine rings is 1. The molecule has 1 aromatic carbocycles. The van der Waals surface area contributed by atoms with E-state index in [0.717, 1.165) is 41.8 Å². The second kappa shape index (κ2) is 6.02. The third-order valence-corrected chi connectivity index (χ3v) is 4.78. The normalized spacial score (nSPS) is 16.9. The van der Waals surface area contributed by atoms with E-state index in [2.05, 4.69) is 43.0 Å². The zero-order chi connectivity index (χ0) is 14.8. The summed E-state index contributed by atoms with van der Waals surface area (Å²) < 4.78 is 0. The lowest BCUT2D eigenvalue weighted by molar-refractivity contribution is 0.310. The minimum absolute atomic E-state index is 0.553. The van der Waals surface area contributed by atoms with Gasteiger partial charge < -0.3 is 10.6 Å². The Morgan fingerprint density at radius 2 is 1.95 bits per heavy atom. The van der Waals surface area contributed by atoms with Crippen LogP contribution in [0.3, 0.4) is 0 Å². The fourth-order valence-corrected chi connectivity index (χ4v) is 3.35. The number of para-hydroxylation sites is 1. The number of piperidine rings is 1. The highest BCUT2D eigenvalue weighted by molar-refractivity contribution is 5.81. The van der Waals surface area contributed by atoms with Crippen LogP contribution < -0.4 is 10.6 Å². The van der Waals surface area contributed by atoms with Gasteiger partial charge in [-0.25, -0.2) is 4.98 Å². The maximum absolute atomic E-state index is 5.96. The van der Waals surface area contributed by atoms with Gasteiger partial charge in [-0.1, -0.05) is 32.0 Å². The molecule has 0 spiro atoms. The van der Waals surface area contributed by atoms with Crippen LogP contribution in [0.2, 0.25) is 0 Å². The van der Waals surface area contributed by atoms with Crippen molar-refractivity contribution in [1.29, 1.82) is 0 Å². The molecule has 1 aliphatic heterocycles. The van der Waals surface area contributed by atoms with Crippen molar-refractivity contribution in [3.05, 3.63) is 35.9 Å². The SMILES string of the molecule is CC(C)C1CCN(c2nc3ccccc3cc2CN)CC1. The topological polar surface area (TPSA) is 42.2 Å². The van der Waals surface area contributed by atoms with E-state index < -0.39 is 0 Å². The quantitative estimate of drug-likeness (QED) is 0.936. The van der Waals surface area contributed by atoms with Gasteiger partial charge in [-0.2, -0.15) is 0 Å². The molecular formula is C18H25N3. The Hall–Kier alpha value is -1.61. The molecule has 0 unspecified atom stereocenters. The Bertz CT molecular complexity index is 613. The van der Waals surface area contributed by atoms with E-state index in [1.807, 2.05) is 6.07 Å². The number of benzene rings is 1. The molecule has 3 rings (SSSR count). The van der Waals surface area contributed by atoms with Crippen LogP contribution >= 0.6 is 0 Å². The Morgan fingerprint density at radius 1 is 1.24 bits per heavy atom. The van der Waals surface area contributed by atoms with Gasteiger partial charge in [0.05, 0.1) is 5.52 Å². The lowest BCUT2D eigenvalue weighted by atomic mass is 9.86. The molecule has 2 heterocycles. The third-order valence-electron chi connectivity index (χ3n) is 4.78. The smallest absolute Gasteiger partial charge is 0.133 e. The first kappa shape index (κ1) is 14.3. The Balaban J connectivity index is 1.89. The number of fused-ring (bicyclic) bond motifs is 1. The molecule has 2 aromatic rings. The number of rotatable bonds is 3. The Morgan fingerprint density at radius 3 is 2.62 bits per heavy atom. The van der Waals surface area contributed by atoms with E-state index in [9.17, 15) is 0 Å². The molecule has 3 heteroatoms. The average molecular weight is 283 g/mol. The van der Waals surface area contributed by atoms with Crippen molar-refractivity contribution in [2.75, 3.05) is 18.0 Å². The molecule has 1 fully saturated rings. The van der Waals surface area contributed by atoms with Crippen LogP contribution in [0.5, 0.6) is 0 Å². The van der Waals surface area contributed by atoms with Crippen molar-refractivity contribution in [3.63, 3.8) is 0 Å². The van der Waals surface area contributed by atoms with Crippen LogP contribution in [0.15, 0.2) is 30.3 Å². The van der Waals surface area contributed by atoms with Crippen LogP contribution in [0.4, 0.5) is 5.82 Å². The van der Waals surface area contributed by atoms with E-state index in [-0.39, 0.29) is 0 Å². The number of hydrogen-bond acceptors (Lipinski definition) is 3. The molecular weight excluding hydrogens is 258 g/mol. The zero-order valence-corrected chi connectivity index (χ0v) is 13.0. The van der Waals surface area contributed by atoms with Crippen LogP contribution in [0.25, 0.3) is 10.9 Å². The number of nitrogens with two attached hydrogens (primary N) is 1. The van der Waals surface area contributed by atoms with Crippen LogP contribution in [0.1, 0.15) is 32.3 Å². The van der Waals surface area contributed by atoms with Gasteiger partial charge in [0.2, 0.25) is 0 Å². The van der Waals surface area contributed by atoms with Gasteiger partial charge in [-0.15, -0.1) is 0 Å². The number of hydrogen-bond donors (Lipinski definition) is 1. The number of aromatic nitrogens is 1. The van der Waals surface area contributed by atoms with E-state index in [1.165, 1.54) is 18.2 Å². The van der Waals surface area contributed by atoms with Gasteiger partial charge in [-0.05, 0) is 36.8 Å². The molecule has 1 aliphatic rings. The van der Waals surface area contributed by atoms with Gasteiger partial charge in [0, 0.05) is 30.6 Å². The van der Waals surface area contributed by atoms with Crippen molar-refractivity contribution < 1.29 is 0 Å². The molecule has 1 aromatic heterocycles. The van der Waals surface area contributed by atoms with Gasteiger partial charge in [-0.3, -0.25) is 0 Å². The summed E-state index contributed by atoms with van der Waals surface area (Å²) in [5, 5.41) is 1.18. The summed E-state index contributed by atoms with van der Waals surface area (Å²) in [4.78, 5) is 7.31. The maximum Gasteiger partial charge on any atom is 0.133 e. The molecule has 2 N–H and O–H groups in total. The van der Waals surface area contributed by atoms with Crippen molar-refractivity contribution in [2.45, 2.75) is 33.2 Å². The first-order valence-corrected chi connectivity index (χ1v) is 8.02. The van der Waals surface area contributed by atoms with E-state index >= 15 is 0 Å². The molecule has 21 heavy (non-hydrogen) atoms. The highest BCUT2D eigenvalue weighted by atomic mass is 15.2. The first-order valence-electron chi connectivity index (χ1n) is 8.02. The summed E-state index contributed by atoms with van der Waals surface area (Å²) in [6.07, 6.45) is 2.52. The summed E-state index contributed by atoms with van der Waals surface area (Å²) in [6, 6.07) is 10.5. The molecule has 0 radical (unpaired) electrons. The zero-order valence-electron chi connectivity index (χ0n) is 13.0. The monoisotopic (exact) mass is 283 g/mol. The van der Waals surface area contributed by atoms with Crippen LogP contribution in [-0.2, 0) is 6.54 Å². The molecule has 0 atom stereocenters. The van der Waals surface area contributed by atoms with Gasteiger partial charge in [0.15, 0.2) is 0 Å². The molecule has 0 amide bonds. The van der Waals surface area contributed by atoms with Crippen molar-refractivity contribution in [2.24, 2.45) is 17.6 Å². The maximum atomic E-state index is 5.96. The summed E-state index contributed by atoms with van der Waals surface area (Å²) in [6.45, 7) is 7.42. The standard InChI is InChI=1S/C18H25N3/c1-13(2)14-7-9-21(10-8-14)18-16(12-19)11-15-5-3-4-6-17(15)20-18/h3-6,11,13-14H,7-10,12,19H2,1-2H3. The molecule has 1 saturated heterocycles. The number of nitrogens with zero attached hydrogens (tertiary/aromatic N) is 2. The summed E-state index contributed by atoms with van der Waals surface area (Å²) in [5.41, 5.74) is 8.19. The third kappa shape index (κ3) is 2.88. The molecule has 3 nitrogen and oxygen atoms in total. The molecule has 0 aliphatic carbocycles. The minimum atomic E-state index is 0.553. The van der Waals surface area contributed by atoms with E-state index in [1.54, 1.807) is 0 Å². The van der Waals surface area contributed by atoms with Gasteiger partial charge in [0.1, 0.15) is 5.82 Å². The summed E-state index contributed by atoms with van der Waals surface area (Å²) in [7, 11) is 0. The second-order valence-corrected chi connectivity index (χ2v) is 6.44. The summed E-state index contributed by atoms with van der Waals surface area (Å²) >= 11 is 0. The first-order chi connectivity index (χ1) is 10.2. The van der Waals surface area contributed by atoms with Gasteiger partial charge in [0.25, 0.3) is 0 Å². The lowest BCUT2D eigenvalue weighted by Crippen LogP contribution is -2.36. The summed E-state index contributed by atoms with van der Waals surface area (Å²) in [5.74, 6) is 2.73. The molecule has 0 saturated carbocycles. The molecule has 0 bridgehead atoms. The lowest BCUT2D eigenvalue weighted by Gasteiger charge is -2.35. The van der Waals surface area contributed by atoms with Crippen molar-refractivity contribution in [3.8, 4) is 0 Å². The van der Waals surface area contributed by atoms with Crippen molar-refractivity contribution in [1.82, 2.24) is 4.98 Å². The second-order valence-electron chi connectivity index (χ2n) is 6.44. The fourth-order valence-electron chi connectivity index (χ4n) is 3.35. The largest absolute Gasteiger partial charge is 0.356 e. The Labute approximate surface area is 127 Å². The minimum Gasteiger partial charge on any atom is -0.356 e. The fraction of sp³-hybridized carbons (Fsp3) is 0.500. The number of anilines is 1. The highest BCUT2D eigenvalue weighted by Crippen LogP contribution is 2.30. The molecule has 112 valence electrons. The predicted octanol–water partition coefficient (Wildman–Crippen LogP) is 3.57. The van der Waals surface area contributed by atoms with Crippen LogP contribution in [-0.4, -0.2) is 18.1 Å². The Kier molecular flexibility index (Phi) is 4.11. The van der Waals surface area contributed by atoms with E-state index in [4.69, 9.17) is 10.7 Å². The highest BCUT2D eigenvalue weighted by Gasteiger charge is 2.23. The van der Waals surface area contributed by atoms with Crippen LogP contribution in [0, 0.1) is 11.8 Å².